The Kier molecular flexibility index (Phi) is 5.20. The van der Waals surface area contributed by atoms with Gasteiger partial charge in [-0.3, -0.25) is 4.79 Å². The van der Waals surface area contributed by atoms with Gasteiger partial charge in [0.15, 0.2) is 0 Å². The molecule has 0 spiro atoms. The Morgan fingerprint density at radius 1 is 1.25 bits per heavy atom. The average molecular weight is 339 g/mol. The van der Waals surface area contributed by atoms with E-state index >= 15 is 0 Å². The van der Waals surface area contributed by atoms with Gasteiger partial charge in [-0.2, -0.15) is 0 Å². The Morgan fingerprint density at radius 3 is 2.88 bits per heavy atom. The molecule has 2 N–H and O–H groups in total. The van der Waals surface area contributed by atoms with Crippen molar-refractivity contribution in [2.45, 2.75) is 25.5 Å². The number of hydrogen-bond donors (Lipinski definition) is 2. The molecule has 1 atom stereocenters. The van der Waals surface area contributed by atoms with Gasteiger partial charge in [0.2, 0.25) is 5.91 Å². The van der Waals surface area contributed by atoms with Gasteiger partial charge in [-0.1, -0.05) is 31.2 Å². The summed E-state index contributed by atoms with van der Waals surface area (Å²) in [6.07, 6.45) is 0.960. The molecule has 1 amide bonds. The Bertz CT molecular complexity index is 810. The van der Waals surface area contributed by atoms with Crippen LogP contribution in [0.4, 0.5) is 5.69 Å². The number of nitrogens with one attached hydrogen (secondary N) is 2. The van der Waals surface area contributed by atoms with Crippen LogP contribution in [0, 0.1) is 0 Å². The van der Waals surface area contributed by atoms with E-state index in [1.807, 2.05) is 42.5 Å². The van der Waals surface area contributed by atoms with Gasteiger partial charge in [0.05, 0.1) is 22.0 Å². The van der Waals surface area contributed by atoms with E-state index in [0.29, 0.717) is 5.75 Å². The third kappa shape index (κ3) is 3.97. The van der Waals surface area contributed by atoms with Crippen molar-refractivity contribution in [1.82, 2.24) is 9.97 Å². The zero-order valence-electron chi connectivity index (χ0n) is 13.9. The van der Waals surface area contributed by atoms with E-state index in [4.69, 9.17) is 0 Å². The maximum atomic E-state index is 12.2. The summed E-state index contributed by atoms with van der Waals surface area (Å²) in [7, 11) is 0. The van der Waals surface area contributed by atoms with Crippen LogP contribution in [-0.4, -0.2) is 21.6 Å². The predicted molar refractivity (Wildman–Crippen MR) is 101 cm³/mol. The molecule has 0 saturated carbocycles. The topological polar surface area (TPSA) is 57.8 Å². The molecular weight excluding hydrogens is 318 g/mol. The van der Waals surface area contributed by atoms with Gasteiger partial charge < -0.3 is 10.3 Å². The van der Waals surface area contributed by atoms with Crippen LogP contribution < -0.4 is 5.32 Å². The number of amides is 1. The van der Waals surface area contributed by atoms with Gasteiger partial charge in [-0.25, -0.2) is 4.98 Å². The highest BCUT2D eigenvalue weighted by Crippen LogP contribution is 2.27. The Labute approximate surface area is 146 Å². The molecule has 0 saturated heterocycles. The summed E-state index contributed by atoms with van der Waals surface area (Å²) in [6.45, 7) is 4.17. The molecule has 3 aromatic rings. The Balaban J connectivity index is 1.57. The van der Waals surface area contributed by atoms with E-state index in [1.165, 1.54) is 5.56 Å². The molecule has 1 heterocycles. The number of H-pyrrole nitrogens is 1. The second-order valence-electron chi connectivity index (χ2n) is 5.69. The number of nitrogens with zero attached hydrogens (tertiary/aromatic N) is 1. The number of thioether (sulfide) groups is 1. The molecule has 0 fully saturated rings. The minimum atomic E-state index is 0.0104. The van der Waals surface area contributed by atoms with Crippen molar-refractivity contribution in [2.24, 2.45) is 0 Å². The van der Waals surface area contributed by atoms with Gasteiger partial charge in [-0.05, 0) is 43.2 Å². The first-order chi connectivity index (χ1) is 11.7. The minimum Gasteiger partial charge on any atom is -0.341 e. The SMILES string of the molecule is CCc1cccc(NC(=O)CSC(C)c2nc3ccccc3[nH]2)c1. The van der Waals surface area contributed by atoms with Gasteiger partial charge >= 0.3 is 0 Å². The van der Waals surface area contributed by atoms with E-state index in [9.17, 15) is 4.79 Å². The monoisotopic (exact) mass is 339 g/mol. The summed E-state index contributed by atoms with van der Waals surface area (Å²) in [5.74, 6) is 1.31. The molecule has 124 valence electrons. The zero-order chi connectivity index (χ0) is 16.9. The molecule has 0 aliphatic carbocycles. The van der Waals surface area contributed by atoms with Gasteiger partial charge in [-0.15, -0.1) is 11.8 Å². The maximum Gasteiger partial charge on any atom is 0.234 e. The number of aromatic amines is 1. The molecule has 0 radical (unpaired) electrons. The molecule has 1 aromatic heterocycles. The van der Waals surface area contributed by atoms with Gasteiger partial charge in [0.1, 0.15) is 5.82 Å². The number of benzene rings is 2. The van der Waals surface area contributed by atoms with Crippen LogP contribution in [0.1, 0.15) is 30.5 Å². The first kappa shape index (κ1) is 16.6. The molecule has 2 aromatic carbocycles. The van der Waals surface area contributed by atoms with Gasteiger partial charge in [0.25, 0.3) is 0 Å². The number of aromatic nitrogens is 2. The van der Waals surface area contributed by atoms with Crippen LogP contribution in [0.15, 0.2) is 48.5 Å². The van der Waals surface area contributed by atoms with E-state index in [-0.39, 0.29) is 11.2 Å². The predicted octanol–water partition coefficient (Wildman–Crippen LogP) is 4.56. The fourth-order valence-electron chi connectivity index (χ4n) is 2.51. The number of carbonyl (C=O) groups is 1. The van der Waals surface area contributed by atoms with E-state index in [1.54, 1.807) is 11.8 Å². The van der Waals surface area contributed by atoms with Crippen molar-refractivity contribution in [3.63, 3.8) is 0 Å². The van der Waals surface area contributed by atoms with E-state index in [2.05, 4.69) is 35.2 Å². The minimum absolute atomic E-state index is 0.0104. The third-order valence-electron chi connectivity index (χ3n) is 3.88. The zero-order valence-corrected chi connectivity index (χ0v) is 14.7. The average Bonchev–Trinajstić information content (AvgIpc) is 3.04. The fraction of sp³-hybridized carbons (Fsp3) is 0.263. The number of hydrogen-bond acceptors (Lipinski definition) is 3. The van der Waals surface area contributed by atoms with Crippen molar-refractivity contribution in [3.8, 4) is 0 Å². The second kappa shape index (κ2) is 7.53. The molecule has 0 aliphatic rings. The van der Waals surface area contributed by atoms with Crippen LogP contribution in [-0.2, 0) is 11.2 Å². The van der Waals surface area contributed by atoms with Crippen LogP contribution >= 0.6 is 11.8 Å². The largest absolute Gasteiger partial charge is 0.341 e. The standard InChI is InChI=1S/C19H21N3OS/c1-3-14-7-6-8-15(11-14)20-18(23)12-24-13(2)19-21-16-9-4-5-10-17(16)22-19/h4-11,13H,3,12H2,1-2H3,(H,20,23)(H,21,22). The van der Waals surface area contributed by atoms with Crippen LogP contribution in [0.25, 0.3) is 11.0 Å². The first-order valence-electron chi connectivity index (χ1n) is 8.10. The lowest BCUT2D eigenvalue weighted by Gasteiger charge is -2.09. The lowest BCUT2D eigenvalue weighted by Crippen LogP contribution is -2.15. The van der Waals surface area contributed by atoms with Crippen LogP contribution in [0.3, 0.4) is 0 Å². The summed E-state index contributed by atoms with van der Waals surface area (Å²) in [5.41, 5.74) is 4.06. The quantitative estimate of drug-likeness (QED) is 0.692. The fourth-order valence-corrected chi connectivity index (χ4v) is 3.25. The van der Waals surface area contributed by atoms with Crippen LogP contribution in [0.2, 0.25) is 0 Å². The molecule has 4 nitrogen and oxygen atoms in total. The number of fused-ring (bicyclic) bond motifs is 1. The highest BCUT2D eigenvalue weighted by molar-refractivity contribution is 8.00. The number of imidazole rings is 1. The van der Waals surface area contributed by atoms with Gasteiger partial charge in [0, 0.05) is 5.69 Å². The smallest absolute Gasteiger partial charge is 0.234 e. The lowest BCUT2D eigenvalue weighted by molar-refractivity contribution is -0.113. The second-order valence-corrected chi connectivity index (χ2v) is 7.02. The number of carbonyl (C=O) groups excluding carboxylic acids is 1. The molecule has 0 bridgehead atoms. The van der Waals surface area contributed by atoms with Crippen molar-refractivity contribution in [1.29, 1.82) is 0 Å². The first-order valence-corrected chi connectivity index (χ1v) is 9.15. The summed E-state index contributed by atoms with van der Waals surface area (Å²) in [4.78, 5) is 20.1. The molecule has 1 unspecified atom stereocenters. The highest BCUT2D eigenvalue weighted by atomic mass is 32.2. The van der Waals surface area contributed by atoms with Crippen molar-refractivity contribution in [3.05, 3.63) is 59.9 Å². The Morgan fingerprint density at radius 2 is 2.08 bits per heavy atom. The van der Waals surface area contributed by atoms with Crippen LogP contribution in [0.5, 0.6) is 0 Å². The highest BCUT2D eigenvalue weighted by Gasteiger charge is 2.13. The summed E-state index contributed by atoms with van der Waals surface area (Å²) in [6, 6.07) is 15.9. The summed E-state index contributed by atoms with van der Waals surface area (Å²) in [5, 5.41) is 3.09. The Hall–Kier alpha value is -2.27. The normalized spacial score (nSPS) is 12.2. The number of aryl methyl sites for hydroxylation is 1. The maximum absolute atomic E-state index is 12.2. The van der Waals surface area contributed by atoms with E-state index in [0.717, 1.165) is 29.0 Å². The number of para-hydroxylation sites is 2. The lowest BCUT2D eigenvalue weighted by atomic mass is 10.1. The molecule has 24 heavy (non-hydrogen) atoms. The molecule has 0 aliphatic heterocycles. The van der Waals surface area contributed by atoms with Crippen molar-refractivity contribution >= 4 is 34.4 Å². The summed E-state index contributed by atoms with van der Waals surface area (Å²) < 4.78 is 0. The third-order valence-corrected chi connectivity index (χ3v) is 5.03. The molecule has 3 rings (SSSR count). The molecular formula is C19H21N3OS. The molecule has 5 heteroatoms. The van der Waals surface area contributed by atoms with Crippen molar-refractivity contribution in [2.75, 3.05) is 11.1 Å². The van der Waals surface area contributed by atoms with Crippen molar-refractivity contribution < 1.29 is 4.79 Å². The summed E-state index contributed by atoms with van der Waals surface area (Å²) >= 11 is 1.58. The van der Waals surface area contributed by atoms with E-state index < -0.39 is 0 Å². The number of anilines is 1. The number of rotatable bonds is 6.